The topological polar surface area (TPSA) is 67.2 Å². The molecule has 1 aliphatic rings. The molecular formula is C13H22ClN3O2. The third-order valence-electron chi connectivity index (χ3n) is 3.51. The van der Waals surface area contributed by atoms with Crippen LogP contribution in [0, 0.1) is 12.8 Å². The molecule has 2 atom stereocenters. The van der Waals surface area contributed by atoms with Crippen molar-refractivity contribution in [1.29, 1.82) is 0 Å². The average Bonchev–Trinajstić information content (AvgIpc) is 2.70. The fourth-order valence-electron chi connectivity index (χ4n) is 2.41. The summed E-state index contributed by atoms with van der Waals surface area (Å²) < 4.78 is 5.12. The van der Waals surface area contributed by atoms with Crippen molar-refractivity contribution in [2.24, 2.45) is 5.92 Å². The standard InChI is InChI=1S/C13H21N3O2.ClH/c1-4-11-12(9(3)18-16-11)15-13(17)10-5-6-14-8(2)7-10;/h8,10,14H,4-7H2,1-3H3,(H,15,17);1H/t8-,10-;/m0./s1. The molecule has 1 aromatic rings. The maximum absolute atomic E-state index is 12.2. The number of anilines is 1. The highest BCUT2D eigenvalue weighted by Crippen LogP contribution is 2.23. The van der Waals surface area contributed by atoms with E-state index in [0.717, 1.165) is 37.2 Å². The van der Waals surface area contributed by atoms with Crippen LogP contribution in [0.3, 0.4) is 0 Å². The van der Waals surface area contributed by atoms with Crippen LogP contribution in [0.4, 0.5) is 5.69 Å². The average molecular weight is 288 g/mol. The smallest absolute Gasteiger partial charge is 0.227 e. The molecule has 0 unspecified atom stereocenters. The van der Waals surface area contributed by atoms with Crippen molar-refractivity contribution in [3.05, 3.63) is 11.5 Å². The molecule has 0 radical (unpaired) electrons. The second-order valence-electron chi connectivity index (χ2n) is 4.98. The highest BCUT2D eigenvalue weighted by atomic mass is 35.5. The zero-order valence-corrected chi connectivity index (χ0v) is 12.5. The van der Waals surface area contributed by atoms with Crippen molar-refractivity contribution in [1.82, 2.24) is 10.5 Å². The number of piperidine rings is 1. The number of carbonyl (C=O) groups is 1. The van der Waals surface area contributed by atoms with Gasteiger partial charge in [-0.15, -0.1) is 12.4 Å². The van der Waals surface area contributed by atoms with Crippen LogP contribution in [0.15, 0.2) is 4.52 Å². The van der Waals surface area contributed by atoms with E-state index in [-0.39, 0.29) is 24.2 Å². The van der Waals surface area contributed by atoms with E-state index in [4.69, 9.17) is 4.52 Å². The Bertz CT molecular complexity index is 434. The van der Waals surface area contributed by atoms with E-state index in [1.165, 1.54) is 0 Å². The summed E-state index contributed by atoms with van der Waals surface area (Å²) in [7, 11) is 0. The highest BCUT2D eigenvalue weighted by molar-refractivity contribution is 5.93. The van der Waals surface area contributed by atoms with Crippen LogP contribution < -0.4 is 10.6 Å². The third-order valence-corrected chi connectivity index (χ3v) is 3.51. The summed E-state index contributed by atoms with van der Waals surface area (Å²) >= 11 is 0. The summed E-state index contributed by atoms with van der Waals surface area (Å²) in [6.45, 7) is 6.84. The molecule has 1 saturated heterocycles. The molecule has 2 heterocycles. The molecule has 1 fully saturated rings. The lowest BCUT2D eigenvalue weighted by molar-refractivity contribution is -0.120. The van der Waals surface area contributed by atoms with Crippen molar-refractivity contribution in [3.8, 4) is 0 Å². The Morgan fingerprint density at radius 2 is 2.32 bits per heavy atom. The second kappa shape index (κ2) is 6.91. The van der Waals surface area contributed by atoms with Gasteiger partial charge >= 0.3 is 0 Å². The number of halogens is 1. The minimum Gasteiger partial charge on any atom is -0.359 e. The Hall–Kier alpha value is -1.07. The summed E-state index contributed by atoms with van der Waals surface area (Å²) in [4.78, 5) is 12.2. The summed E-state index contributed by atoms with van der Waals surface area (Å²) in [5.74, 6) is 0.854. The number of amides is 1. The van der Waals surface area contributed by atoms with Crippen molar-refractivity contribution in [2.45, 2.75) is 46.1 Å². The van der Waals surface area contributed by atoms with Gasteiger partial charge in [0.25, 0.3) is 0 Å². The van der Waals surface area contributed by atoms with Crippen LogP contribution >= 0.6 is 12.4 Å². The fourth-order valence-corrected chi connectivity index (χ4v) is 2.41. The van der Waals surface area contributed by atoms with E-state index in [1.807, 2.05) is 13.8 Å². The minimum atomic E-state index is 0. The number of carbonyl (C=O) groups excluding carboxylic acids is 1. The van der Waals surface area contributed by atoms with Crippen LogP contribution in [0.2, 0.25) is 0 Å². The van der Waals surface area contributed by atoms with Gasteiger partial charge in [-0.1, -0.05) is 12.1 Å². The molecule has 19 heavy (non-hydrogen) atoms. The molecule has 6 heteroatoms. The second-order valence-corrected chi connectivity index (χ2v) is 4.98. The quantitative estimate of drug-likeness (QED) is 0.895. The molecule has 0 saturated carbocycles. The van der Waals surface area contributed by atoms with Gasteiger partial charge in [-0.05, 0) is 39.7 Å². The van der Waals surface area contributed by atoms with Gasteiger partial charge in [0, 0.05) is 12.0 Å². The number of nitrogens with one attached hydrogen (secondary N) is 2. The molecule has 108 valence electrons. The molecule has 0 aliphatic carbocycles. The van der Waals surface area contributed by atoms with Crippen molar-refractivity contribution in [2.75, 3.05) is 11.9 Å². The number of aryl methyl sites for hydroxylation is 2. The molecule has 1 aromatic heterocycles. The molecule has 0 spiro atoms. The largest absolute Gasteiger partial charge is 0.359 e. The molecule has 5 nitrogen and oxygen atoms in total. The molecule has 1 aliphatic heterocycles. The summed E-state index contributed by atoms with van der Waals surface area (Å²) in [6, 6.07) is 0.406. The lowest BCUT2D eigenvalue weighted by Crippen LogP contribution is -2.40. The van der Waals surface area contributed by atoms with E-state index in [9.17, 15) is 4.79 Å². The predicted octanol–water partition coefficient (Wildman–Crippen LogP) is 2.29. The first-order valence-corrected chi connectivity index (χ1v) is 6.61. The van der Waals surface area contributed by atoms with Gasteiger partial charge in [0.2, 0.25) is 5.91 Å². The zero-order valence-electron chi connectivity index (χ0n) is 11.7. The third kappa shape index (κ3) is 3.70. The van der Waals surface area contributed by atoms with Gasteiger partial charge in [0.15, 0.2) is 5.76 Å². The van der Waals surface area contributed by atoms with E-state index in [0.29, 0.717) is 11.8 Å². The number of hydrogen-bond donors (Lipinski definition) is 2. The van der Waals surface area contributed by atoms with Crippen molar-refractivity contribution >= 4 is 24.0 Å². The molecular weight excluding hydrogens is 266 g/mol. The predicted molar refractivity (Wildman–Crippen MR) is 76.7 cm³/mol. The first-order chi connectivity index (χ1) is 8.61. The van der Waals surface area contributed by atoms with E-state index in [1.54, 1.807) is 0 Å². The van der Waals surface area contributed by atoms with Crippen molar-refractivity contribution < 1.29 is 9.32 Å². The van der Waals surface area contributed by atoms with Gasteiger partial charge in [-0.3, -0.25) is 4.79 Å². The highest BCUT2D eigenvalue weighted by Gasteiger charge is 2.26. The maximum atomic E-state index is 12.2. The Labute approximate surface area is 119 Å². The van der Waals surface area contributed by atoms with E-state index >= 15 is 0 Å². The normalized spacial score (nSPS) is 22.7. The number of aromatic nitrogens is 1. The summed E-state index contributed by atoms with van der Waals surface area (Å²) in [5, 5.41) is 10.3. The summed E-state index contributed by atoms with van der Waals surface area (Å²) in [6.07, 6.45) is 2.54. The van der Waals surface area contributed by atoms with Crippen LogP contribution in [0.5, 0.6) is 0 Å². The van der Waals surface area contributed by atoms with Crippen molar-refractivity contribution in [3.63, 3.8) is 0 Å². The number of hydrogen-bond acceptors (Lipinski definition) is 4. The summed E-state index contributed by atoms with van der Waals surface area (Å²) in [5.41, 5.74) is 1.58. The Balaban J connectivity index is 0.00000180. The first kappa shape index (κ1) is 16.0. The number of nitrogens with zero attached hydrogens (tertiary/aromatic N) is 1. The Morgan fingerprint density at radius 3 is 2.95 bits per heavy atom. The Kier molecular flexibility index (Phi) is 5.82. The fraction of sp³-hybridized carbons (Fsp3) is 0.692. The minimum absolute atomic E-state index is 0. The van der Waals surface area contributed by atoms with Crippen LogP contribution in [0.1, 0.15) is 38.1 Å². The Morgan fingerprint density at radius 1 is 1.58 bits per heavy atom. The lowest BCUT2D eigenvalue weighted by Gasteiger charge is -2.27. The van der Waals surface area contributed by atoms with Crippen LogP contribution in [-0.4, -0.2) is 23.7 Å². The van der Waals surface area contributed by atoms with E-state index < -0.39 is 0 Å². The monoisotopic (exact) mass is 287 g/mol. The van der Waals surface area contributed by atoms with Crippen LogP contribution in [0.25, 0.3) is 0 Å². The van der Waals surface area contributed by atoms with Gasteiger partial charge < -0.3 is 15.2 Å². The molecule has 2 rings (SSSR count). The zero-order chi connectivity index (χ0) is 13.1. The van der Waals surface area contributed by atoms with Crippen LogP contribution in [-0.2, 0) is 11.2 Å². The van der Waals surface area contributed by atoms with Gasteiger partial charge in [-0.25, -0.2) is 0 Å². The molecule has 2 N–H and O–H groups in total. The number of rotatable bonds is 3. The van der Waals surface area contributed by atoms with Gasteiger partial charge in [0.05, 0.1) is 0 Å². The van der Waals surface area contributed by atoms with E-state index in [2.05, 4.69) is 22.7 Å². The molecule has 0 bridgehead atoms. The van der Waals surface area contributed by atoms with Gasteiger partial charge in [0.1, 0.15) is 11.4 Å². The SMILES string of the molecule is CCc1noc(C)c1NC(=O)[C@H]1CCN[C@@H](C)C1.Cl. The first-order valence-electron chi connectivity index (χ1n) is 6.61. The lowest BCUT2D eigenvalue weighted by atomic mass is 9.92. The maximum Gasteiger partial charge on any atom is 0.227 e. The molecule has 0 aromatic carbocycles. The molecule has 1 amide bonds. The van der Waals surface area contributed by atoms with Gasteiger partial charge in [-0.2, -0.15) is 0 Å².